The number of anilines is 2. The van der Waals surface area contributed by atoms with Gasteiger partial charge in [-0.15, -0.1) is 0 Å². The quantitative estimate of drug-likeness (QED) is 0.675. The van der Waals surface area contributed by atoms with Crippen LogP contribution < -0.4 is 10.6 Å². The maximum absolute atomic E-state index is 11.3. The molecule has 76 valence electrons. The predicted octanol–water partition coefficient (Wildman–Crippen LogP) is 0.844. The van der Waals surface area contributed by atoms with E-state index in [1.807, 2.05) is 0 Å². The molecular weight excluding hydrogens is 196 g/mol. The van der Waals surface area contributed by atoms with Gasteiger partial charge in [-0.2, -0.15) is 10.1 Å². The zero-order valence-electron chi connectivity index (χ0n) is 7.64. The van der Waals surface area contributed by atoms with Gasteiger partial charge in [0, 0.05) is 6.20 Å². The van der Waals surface area contributed by atoms with Crippen molar-refractivity contribution in [3.05, 3.63) is 30.7 Å². The summed E-state index contributed by atoms with van der Waals surface area (Å²) in [4.78, 5) is 19.0. The molecule has 0 aliphatic carbocycles. The highest BCUT2D eigenvalue weighted by molar-refractivity contribution is 5.97. The van der Waals surface area contributed by atoms with Crippen molar-refractivity contribution in [2.24, 2.45) is 0 Å². The van der Waals surface area contributed by atoms with E-state index in [1.165, 1.54) is 6.33 Å². The first-order chi connectivity index (χ1) is 7.34. The maximum Gasteiger partial charge on any atom is 0.327 e. The number of urea groups is 1. The van der Waals surface area contributed by atoms with Crippen molar-refractivity contribution in [3.8, 4) is 0 Å². The van der Waals surface area contributed by atoms with Crippen LogP contribution in [0.2, 0.25) is 0 Å². The summed E-state index contributed by atoms with van der Waals surface area (Å²) >= 11 is 0. The Labute approximate surface area is 85.0 Å². The van der Waals surface area contributed by atoms with Crippen LogP contribution >= 0.6 is 0 Å². The SMILES string of the molecule is O=C(Nc1ccccn1)Nc1ncn[nH]1. The second kappa shape index (κ2) is 4.18. The van der Waals surface area contributed by atoms with Crippen molar-refractivity contribution >= 4 is 17.8 Å². The van der Waals surface area contributed by atoms with Crippen molar-refractivity contribution in [2.45, 2.75) is 0 Å². The third kappa shape index (κ3) is 2.50. The number of aromatic amines is 1. The first-order valence-electron chi connectivity index (χ1n) is 4.19. The minimum atomic E-state index is -0.426. The Morgan fingerprint density at radius 1 is 1.27 bits per heavy atom. The summed E-state index contributed by atoms with van der Waals surface area (Å²) in [6.07, 6.45) is 2.89. The van der Waals surface area contributed by atoms with E-state index >= 15 is 0 Å². The molecule has 0 fully saturated rings. The van der Waals surface area contributed by atoms with Crippen molar-refractivity contribution < 1.29 is 4.79 Å². The van der Waals surface area contributed by atoms with E-state index in [4.69, 9.17) is 0 Å². The lowest BCUT2D eigenvalue weighted by Gasteiger charge is -2.03. The van der Waals surface area contributed by atoms with Crippen LogP contribution in [0.1, 0.15) is 0 Å². The molecule has 7 heteroatoms. The molecule has 0 bridgehead atoms. The Balaban J connectivity index is 1.94. The number of nitrogens with zero attached hydrogens (tertiary/aromatic N) is 3. The van der Waals surface area contributed by atoms with Gasteiger partial charge < -0.3 is 0 Å². The lowest BCUT2D eigenvalue weighted by Crippen LogP contribution is -2.20. The zero-order chi connectivity index (χ0) is 10.5. The van der Waals surface area contributed by atoms with Crippen LogP contribution in [-0.4, -0.2) is 26.2 Å². The van der Waals surface area contributed by atoms with Crippen molar-refractivity contribution in [2.75, 3.05) is 10.6 Å². The summed E-state index contributed by atoms with van der Waals surface area (Å²) < 4.78 is 0. The van der Waals surface area contributed by atoms with Crippen molar-refractivity contribution in [1.82, 2.24) is 20.2 Å². The average Bonchev–Trinajstić information content (AvgIpc) is 2.71. The summed E-state index contributed by atoms with van der Waals surface area (Å²) in [6.45, 7) is 0. The van der Waals surface area contributed by atoms with Gasteiger partial charge in [-0.1, -0.05) is 6.07 Å². The highest BCUT2D eigenvalue weighted by atomic mass is 16.2. The predicted molar refractivity (Wildman–Crippen MR) is 53.3 cm³/mol. The molecular formula is C8H8N6O. The molecule has 2 heterocycles. The van der Waals surface area contributed by atoms with Crippen LogP contribution in [0.3, 0.4) is 0 Å². The summed E-state index contributed by atoms with van der Waals surface area (Å²) in [7, 11) is 0. The molecule has 15 heavy (non-hydrogen) atoms. The summed E-state index contributed by atoms with van der Waals surface area (Å²) in [6, 6.07) is 4.79. The van der Waals surface area contributed by atoms with E-state index < -0.39 is 6.03 Å². The number of hydrogen-bond acceptors (Lipinski definition) is 4. The maximum atomic E-state index is 11.3. The molecule has 7 nitrogen and oxygen atoms in total. The molecule has 2 aromatic rings. The molecule has 0 spiro atoms. The number of H-pyrrole nitrogens is 1. The normalized spacial score (nSPS) is 9.60. The van der Waals surface area contributed by atoms with E-state index in [0.29, 0.717) is 5.82 Å². The number of aromatic nitrogens is 4. The van der Waals surface area contributed by atoms with E-state index in [9.17, 15) is 4.79 Å². The molecule has 0 aliphatic heterocycles. The fraction of sp³-hybridized carbons (Fsp3) is 0. The molecule has 2 aromatic heterocycles. The third-order valence-electron chi connectivity index (χ3n) is 1.55. The number of nitrogens with one attached hydrogen (secondary N) is 3. The molecule has 2 rings (SSSR count). The topological polar surface area (TPSA) is 95.6 Å². The lowest BCUT2D eigenvalue weighted by atomic mass is 10.5. The second-order valence-corrected chi connectivity index (χ2v) is 2.63. The van der Waals surface area contributed by atoms with Gasteiger partial charge in [0.05, 0.1) is 0 Å². The van der Waals surface area contributed by atoms with Crippen LogP contribution in [0.25, 0.3) is 0 Å². The third-order valence-corrected chi connectivity index (χ3v) is 1.55. The zero-order valence-corrected chi connectivity index (χ0v) is 7.64. The number of amides is 2. The van der Waals surface area contributed by atoms with Gasteiger partial charge in [0.2, 0.25) is 5.95 Å². The molecule has 0 unspecified atom stereocenters. The van der Waals surface area contributed by atoms with E-state index in [1.54, 1.807) is 24.4 Å². The Morgan fingerprint density at radius 3 is 2.87 bits per heavy atom. The van der Waals surface area contributed by atoms with Gasteiger partial charge in [-0.05, 0) is 12.1 Å². The van der Waals surface area contributed by atoms with Crippen molar-refractivity contribution in [3.63, 3.8) is 0 Å². The summed E-state index contributed by atoms with van der Waals surface area (Å²) in [5, 5.41) is 11.1. The molecule has 0 radical (unpaired) electrons. The summed E-state index contributed by atoms with van der Waals surface area (Å²) in [5.41, 5.74) is 0. The Morgan fingerprint density at radius 2 is 2.20 bits per heavy atom. The van der Waals surface area contributed by atoms with Crippen LogP contribution in [-0.2, 0) is 0 Å². The molecule has 0 atom stereocenters. The number of hydrogen-bond donors (Lipinski definition) is 3. The van der Waals surface area contributed by atoms with Gasteiger partial charge in [-0.25, -0.2) is 14.9 Å². The Hall–Kier alpha value is -2.44. The highest BCUT2D eigenvalue weighted by Crippen LogP contribution is 2.00. The molecule has 3 N–H and O–H groups in total. The first kappa shape index (κ1) is 9.13. The lowest BCUT2D eigenvalue weighted by molar-refractivity contribution is 0.262. The second-order valence-electron chi connectivity index (χ2n) is 2.63. The highest BCUT2D eigenvalue weighted by Gasteiger charge is 2.03. The Kier molecular flexibility index (Phi) is 2.54. The standard InChI is InChI=1S/C8H8N6O/c15-8(13-7-10-5-11-14-7)12-6-3-1-2-4-9-6/h1-5H,(H3,9,10,11,12,13,14,15). The Bertz CT molecular complexity index is 426. The number of pyridine rings is 1. The monoisotopic (exact) mass is 204 g/mol. The number of carbonyl (C=O) groups excluding carboxylic acids is 1. The van der Waals surface area contributed by atoms with Gasteiger partial charge in [0.15, 0.2) is 0 Å². The van der Waals surface area contributed by atoms with Crippen LogP contribution in [0.5, 0.6) is 0 Å². The van der Waals surface area contributed by atoms with Crippen LogP contribution in [0.4, 0.5) is 16.6 Å². The largest absolute Gasteiger partial charge is 0.327 e. The molecule has 0 saturated carbocycles. The summed E-state index contributed by atoms with van der Waals surface area (Å²) in [5.74, 6) is 0.748. The van der Waals surface area contributed by atoms with Gasteiger partial charge in [0.25, 0.3) is 0 Å². The van der Waals surface area contributed by atoms with Crippen LogP contribution in [0.15, 0.2) is 30.7 Å². The van der Waals surface area contributed by atoms with Gasteiger partial charge in [-0.3, -0.25) is 10.6 Å². The molecule has 0 aromatic carbocycles. The average molecular weight is 204 g/mol. The minimum absolute atomic E-state index is 0.281. The minimum Gasteiger partial charge on any atom is -0.292 e. The molecule has 2 amide bonds. The smallest absolute Gasteiger partial charge is 0.292 e. The van der Waals surface area contributed by atoms with E-state index in [2.05, 4.69) is 30.8 Å². The fourth-order valence-electron chi connectivity index (χ4n) is 0.958. The van der Waals surface area contributed by atoms with Crippen molar-refractivity contribution in [1.29, 1.82) is 0 Å². The fourth-order valence-corrected chi connectivity index (χ4v) is 0.958. The van der Waals surface area contributed by atoms with E-state index in [0.717, 1.165) is 0 Å². The molecule has 0 aliphatic rings. The van der Waals surface area contributed by atoms with Gasteiger partial charge in [0.1, 0.15) is 12.1 Å². The number of rotatable bonds is 2. The van der Waals surface area contributed by atoms with Gasteiger partial charge >= 0.3 is 6.03 Å². The number of carbonyl (C=O) groups is 1. The molecule has 0 saturated heterocycles. The van der Waals surface area contributed by atoms with E-state index in [-0.39, 0.29) is 5.95 Å². The first-order valence-corrected chi connectivity index (χ1v) is 4.19. The van der Waals surface area contributed by atoms with Crippen LogP contribution in [0, 0.1) is 0 Å².